The van der Waals surface area contributed by atoms with Crippen LogP contribution in [-0.2, 0) is 4.84 Å². The molecule has 0 aliphatic carbocycles. The predicted octanol–water partition coefficient (Wildman–Crippen LogP) is 2.76. The number of nitrogens with two attached hydrogens (primary N) is 1. The quantitative estimate of drug-likeness (QED) is 0.724. The van der Waals surface area contributed by atoms with Crippen molar-refractivity contribution < 1.29 is 4.84 Å². The zero-order valence-electron chi connectivity index (χ0n) is 8.45. The summed E-state index contributed by atoms with van der Waals surface area (Å²) >= 11 is 0. The summed E-state index contributed by atoms with van der Waals surface area (Å²) in [5.74, 6) is 5.68. The average molecular weight is 179 g/mol. The van der Waals surface area contributed by atoms with Gasteiger partial charge in [-0.2, -0.15) is 0 Å². The van der Waals surface area contributed by atoms with Crippen LogP contribution in [0.25, 0.3) is 0 Å². The Balaban J connectivity index is 3.04. The van der Waals surface area contributed by atoms with Gasteiger partial charge < -0.3 is 0 Å². The molecule has 0 radical (unpaired) electrons. The lowest BCUT2D eigenvalue weighted by atomic mass is 9.95. The SMILES string of the molecule is CC(C)c1ccccc1C(C)ON. The second kappa shape index (κ2) is 4.40. The van der Waals surface area contributed by atoms with E-state index in [9.17, 15) is 0 Å². The van der Waals surface area contributed by atoms with Crippen LogP contribution in [0, 0.1) is 0 Å². The molecule has 0 heterocycles. The molecule has 0 aliphatic heterocycles. The Labute approximate surface area is 79.7 Å². The summed E-state index contributed by atoms with van der Waals surface area (Å²) < 4.78 is 0. The first-order valence-corrected chi connectivity index (χ1v) is 4.61. The molecule has 1 aromatic rings. The van der Waals surface area contributed by atoms with E-state index in [0.29, 0.717) is 5.92 Å². The Morgan fingerprint density at radius 1 is 1.08 bits per heavy atom. The van der Waals surface area contributed by atoms with Gasteiger partial charge in [0.1, 0.15) is 6.10 Å². The molecule has 0 bridgehead atoms. The average Bonchev–Trinajstić information content (AvgIpc) is 2.16. The zero-order valence-corrected chi connectivity index (χ0v) is 8.45. The van der Waals surface area contributed by atoms with Crippen molar-refractivity contribution in [3.63, 3.8) is 0 Å². The molecule has 0 spiro atoms. The lowest BCUT2D eigenvalue weighted by Crippen LogP contribution is -2.08. The van der Waals surface area contributed by atoms with E-state index in [1.165, 1.54) is 11.1 Å². The maximum absolute atomic E-state index is 5.17. The number of hydrogen-bond donors (Lipinski definition) is 1. The molecule has 2 nitrogen and oxygen atoms in total. The topological polar surface area (TPSA) is 35.2 Å². The zero-order chi connectivity index (χ0) is 9.84. The van der Waals surface area contributed by atoms with Crippen LogP contribution in [0.3, 0.4) is 0 Å². The van der Waals surface area contributed by atoms with E-state index < -0.39 is 0 Å². The van der Waals surface area contributed by atoms with E-state index >= 15 is 0 Å². The van der Waals surface area contributed by atoms with Crippen LogP contribution in [-0.4, -0.2) is 0 Å². The molecule has 2 N–H and O–H groups in total. The standard InChI is InChI=1S/C11H17NO/c1-8(2)10-6-4-5-7-11(10)9(3)13-12/h4-9H,12H2,1-3H3. The van der Waals surface area contributed by atoms with Crippen LogP contribution in [0.4, 0.5) is 0 Å². The summed E-state index contributed by atoms with van der Waals surface area (Å²) in [6.07, 6.45) is -0.0291. The van der Waals surface area contributed by atoms with Crippen molar-refractivity contribution in [2.75, 3.05) is 0 Å². The normalized spacial score (nSPS) is 13.3. The third kappa shape index (κ3) is 2.29. The highest BCUT2D eigenvalue weighted by atomic mass is 16.6. The van der Waals surface area contributed by atoms with E-state index in [1.54, 1.807) is 0 Å². The molecule has 2 heteroatoms. The van der Waals surface area contributed by atoms with E-state index in [0.717, 1.165) is 0 Å². The first-order valence-electron chi connectivity index (χ1n) is 4.61. The molecule has 0 aromatic heterocycles. The van der Waals surface area contributed by atoms with E-state index in [1.807, 2.05) is 19.1 Å². The monoisotopic (exact) mass is 179 g/mol. The van der Waals surface area contributed by atoms with Crippen LogP contribution in [0.2, 0.25) is 0 Å². The molecule has 0 aliphatic rings. The minimum absolute atomic E-state index is 0.0291. The van der Waals surface area contributed by atoms with Gasteiger partial charge in [0.15, 0.2) is 0 Å². The van der Waals surface area contributed by atoms with E-state index in [2.05, 4.69) is 26.0 Å². The fourth-order valence-electron chi connectivity index (χ4n) is 1.48. The van der Waals surface area contributed by atoms with E-state index in [-0.39, 0.29) is 6.10 Å². The van der Waals surface area contributed by atoms with Gasteiger partial charge in [0.25, 0.3) is 0 Å². The van der Waals surface area contributed by atoms with Crippen LogP contribution in [0.15, 0.2) is 24.3 Å². The molecule has 0 saturated carbocycles. The second-order valence-corrected chi connectivity index (χ2v) is 3.56. The minimum atomic E-state index is -0.0291. The fourth-order valence-corrected chi connectivity index (χ4v) is 1.48. The highest BCUT2D eigenvalue weighted by Gasteiger charge is 2.11. The Kier molecular flexibility index (Phi) is 3.46. The van der Waals surface area contributed by atoms with Gasteiger partial charge in [-0.25, -0.2) is 5.90 Å². The van der Waals surface area contributed by atoms with Crippen LogP contribution < -0.4 is 5.90 Å². The van der Waals surface area contributed by atoms with Gasteiger partial charge in [-0.15, -0.1) is 0 Å². The summed E-state index contributed by atoms with van der Waals surface area (Å²) in [5.41, 5.74) is 2.49. The molecule has 1 aromatic carbocycles. The van der Waals surface area contributed by atoms with Gasteiger partial charge in [0, 0.05) is 0 Å². The summed E-state index contributed by atoms with van der Waals surface area (Å²) in [7, 11) is 0. The lowest BCUT2D eigenvalue weighted by molar-refractivity contribution is 0.0656. The third-order valence-corrected chi connectivity index (χ3v) is 2.26. The molecule has 1 atom stereocenters. The lowest BCUT2D eigenvalue weighted by Gasteiger charge is -2.16. The molecule has 1 unspecified atom stereocenters. The molecule has 0 saturated heterocycles. The van der Waals surface area contributed by atoms with Crippen molar-refractivity contribution in [3.05, 3.63) is 35.4 Å². The molecule has 1 rings (SSSR count). The molecule has 13 heavy (non-hydrogen) atoms. The molecular weight excluding hydrogens is 162 g/mol. The largest absolute Gasteiger partial charge is 0.297 e. The summed E-state index contributed by atoms with van der Waals surface area (Å²) in [4.78, 5) is 4.83. The van der Waals surface area contributed by atoms with Crippen molar-refractivity contribution in [1.29, 1.82) is 0 Å². The van der Waals surface area contributed by atoms with Gasteiger partial charge in [-0.3, -0.25) is 4.84 Å². The van der Waals surface area contributed by atoms with Crippen LogP contribution in [0.1, 0.15) is 43.9 Å². The molecule has 0 fully saturated rings. The molecule has 72 valence electrons. The molecular formula is C11H17NO. The van der Waals surface area contributed by atoms with Gasteiger partial charge in [0.2, 0.25) is 0 Å². The van der Waals surface area contributed by atoms with Crippen molar-refractivity contribution >= 4 is 0 Å². The first-order chi connectivity index (χ1) is 6.16. The second-order valence-electron chi connectivity index (χ2n) is 3.56. The highest BCUT2D eigenvalue weighted by Crippen LogP contribution is 2.25. The van der Waals surface area contributed by atoms with Gasteiger partial charge in [-0.05, 0) is 24.0 Å². The smallest absolute Gasteiger partial charge is 0.101 e. The maximum atomic E-state index is 5.17. The Morgan fingerprint density at radius 3 is 2.08 bits per heavy atom. The number of benzene rings is 1. The predicted molar refractivity (Wildman–Crippen MR) is 54.2 cm³/mol. The Bertz CT molecular complexity index is 271. The third-order valence-electron chi connectivity index (χ3n) is 2.26. The van der Waals surface area contributed by atoms with E-state index in [4.69, 9.17) is 10.7 Å². The van der Waals surface area contributed by atoms with Gasteiger partial charge >= 0.3 is 0 Å². The number of rotatable bonds is 3. The number of hydrogen-bond acceptors (Lipinski definition) is 2. The van der Waals surface area contributed by atoms with Crippen LogP contribution in [0.5, 0.6) is 0 Å². The summed E-state index contributed by atoms with van der Waals surface area (Å²) in [5, 5.41) is 0. The highest BCUT2D eigenvalue weighted by molar-refractivity contribution is 5.31. The Morgan fingerprint density at radius 2 is 1.62 bits per heavy atom. The summed E-state index contributed by atoms with van der Waals surface area (Å²) in [6.45, 7) is 6.30. The first kappa shape index (κ1) is 10.2. The van der Waals surface area contributed by atoms with Crippen LogP contribution >= 0.6 is 0 Å². The summed E-state index contributed by atoms with van der Waals surface area (Å²) in [6, 6.07) is 8.24. The molecule has 0 amide bonds. The fraction of sp³-hybridized carbons (Fsp3) is 0.455. The Hall–Kier alpha value is -0.860. The maximum Gasteiger partial charge on any atom is 0.101 e. The van der Waals surface area contributed by atoms with Crippen molar-refractivity contribution in [2.24, 2.45) is 5.90 Å². The minimum Gasteiger partial charge on any atom is -0.297 e. The van der Waals surface area contributed by atoms with Crippen molar-refractivity contribution in [3.8, 4) is 0 Å². The van der Waals surface area contributed by atoms with Gasteiger partial charge in [-0.1, -0.05) is 38.1 Å². The van der Waals surface area contributed by atoms with Crippen molar-refractivity contribution in [2.45, 2.75) is 32.8 Å². The van der Waals surface area contributed by atoms with Crippen molar-refractivity contribution in [1.82, 2.24) is 0 Å². The van der Waals surface area contributed by atoms with Gasteiger partial charge in [0.05, 0.1) is 0 Å².